The molecule has 1 aliphatic rings. The van der Waals surface area contributed by atoms with Crippen molar-refractivity contribution in [3.63, 3.8) is 0 Å². The van der Waals surface area contributed by atoms with Crippen molar-refractivity contribution in [3.05, 3.63) is 42.0 Å². The predicted molar refractivity (Wildman–Crippen MR) is 64.7 cm³/mol. The van der Waals surface area contributed by atoms with Gasteiger partial charge in [0.1, 0.15) is 0 Å². The first-order valence-corrected chi connectivity index (χ1v) is 5.52. The van der Waals surface area contributed by atoms with Crippen molar-refractivity contribution in [2.24, 2.45) is 0 Å². The second kappa shape index (κ2) is 5.10. The van der Waals surface area contributed by atoms with Gasteiger partial charge in [0, 0.05) is 18.6 Å². The zero-order chi connectivity index (χ0) is 10.5. The lowest BCUT2D eigenvalue weighted by Gasteiger charge is -2.04. The Kier molecular flexibility index (Phi) is 3.54. The molecule has 1 aromatic rings. The molecule has 2 nitrogen and oxygen atoms in total. The van der Waals surface area contributed by atoms with Crippen LogP contribution >= 0.6 is 0 Å². The van der Waals surface area contributed by atoms with Gasteiger partial charge in [-0.05, 0) is 19.0 Å². The van der Waals surface area contributed by atoms with Crippen molar-refractivity contribution in [2.75, 3.05) is 13.6 Å². The van der Waals surface area contributed by atoms with E-state index in [-0.39, 0.29) is 0 Å². The maximum Gasteiger partial charge on any atom is 0.0269 e. The molecule has 15 heavy (non-hydrogen) atoms. The van der Waals surface area contributed by atoms with E-state index in [0.29, 0.717) is 12.1 Å². The minimum absolute atomic E-state index is 0.516. The highest BCUT2D eigenvalue weighted by Gasteiger charge is 2.19. The minimum Gasteiger partial charge on any atom is -0.316 e. The Morgan fingerprint density at radius 3 is 2.80 bits per heavy atom. The number of nitrogens with one attached hydrogen (secondary N) is 2. The molecule has 0 saturated carbocycles. The monoisotopic (exact) mass is 202 g/mol. The van der Waals surface area contributed by atoms with Crippen LogP contribution in [0.4, 0.5) is 0 Å². The second-order valence-electron chi connectivity index (χ2n) is 4.01. The van der Waals surface area contributed by atoms with E-state index in [9.17, 15) is 0 Å². The van der Waals surface area contributed by atoms with E-state index in [0.717, 1.165) is 6.54 Å². The summed E-state index contributed by atoms with van der Waals surface area (Å²) in [4.78, 5) is 0. The summed E-state index contributed by atoms with van der Waals surface area (Å²) >= 11 is 0. The fourth-order valence-electron chi connectivity index (χ4n) is 1.92. The summed E-state index contributed by atoms with van der Waals surface area (Å²) in [6.45, 7) is 1.07. The Balaban J connectivity index is 1.90. The smallest absolute Gasteiger partial charge is 0.0269 e. The van der Waals surface area contributed by atoms with Crippen molar-refractivity contribution >= 4 is 6.08 Å². The van der Waals surface area contributed by atoms with E-state index in [1.165, 1.54) is 12.0 Å². The molecule has 2 N–H and O–H groups in total. The van der Waals surface area contributed by atoms with Crippen LogP contribution in [0, 0.1) is 0 Å². The quantitative estimate of drug-likeness (QED) is 0.779. The van der Waals surface area contributed by atoms with E-state index < -0.39 is 0 Å². The number of hydrogen-bond acceptors (Lipinski definition) is 2. The van der Waals surface area contributed by atoms with Crippen LogP contribution in [0.25, 0.3) is 6.08 Å². The van der Waals surface area contributed by atoms with Crippen LogP contribution in [0.1, 0.15) is 12.0 Å². The molecule has 2 atom stereocenters. The van der Waals surface area contributed by atoms with Crippen molar-refractivity contribution in [2.45, 2.75) is 18.5 Å². The molecule has 0 aliphatic carbocycles. The summed E-state index contributed by atoms with van der Waals surface area (Å²) in [5.41, 5.74) is 1.27. The highest BCUT2D eigenvalue weighted by atomic mass is 15.0. The molecule has 0 spiro atoms. The molecule has 1 heterocycles. The molecule has 0 bridgehead atoms. The largest absolute Gasteiger partial charge is 0.316 e. The lowest BCUT2D eigenvalue weighted by Crippen LogP contribution is -2.26. The molecule has 0 radical (unpaired) electrons. The Labute approximate surface area is 91.4 Å². The first-order valence-electron chi connectivity index (χ1n) is 5.52. The van der Waals surface area contributed by atoms with Gasteiger partial charge in [-0.3, -0.25) is 0 Å². The van der Waals surface area contributed by atoms with Crippen LogP contribution in [0.2, 0.25) is 0 Å². The maximum absolute atomic E-state index is 3.48. The third-order valence-electron chi connectivity index (χ3n) is 2.89. The lowest BCUT2D eigenvalue weighted by molar-refractivity contribution is 0.605. The number of benzene rings is 1. The van der Waals surface area contributed by atoms with Crippen LogP contribution < -0.4 is 10.6 Å². The highest BCUT2D eigenvalue weighted by Crippen LogP contribution is 2.09. The molecule has 1 aromatic carbocycles. The maximum atomic E-state index is 3.48. The Hall–Kier alpha value is -1.12. The average Bonchev–Trinajstić information content (AvgIpc) is 2.76. The van der Waals surface area contributed by atoms with Crippen LogP contribution in [-0.2, 0) is 0 Å². The number of hydrogen-bond donors (Lipinski definition) is 2. The molecule has 2 heteroatoms. The standard InChI is InChI=1S/C13H18N2/c1-14-13-9-12(15-10-13)8-7-11-5-3-2-4-6-11/h2-8,12-15H,9-10H2,1H3. The summed E-state index contributed by atoms with van der Waals surface area (Å²) in [6.07, 6.45) is 5.63. The zero-order valence-electron chi connectivity index (χ0n) is 9.11. The van der Waals surface area contributed by atoms with E-state index in [4.69, 9.17) is 0 Å². The fourth-order valence-corrected chi connectivity index (χ4v) is 1.92. The van der Waals surface area contributed by atoms with Gasteiger partial charge in [-0.15, -0.1) is 0 Å². The molecular weight excluding hydrogens is 184 g/mol. The van der Waals surface area contributed by atoms with Crippen LogP contribution in [0.5, 0.6) is 0 Å². The third-order valence-corrected chi connectivity index (χ3v) is 2.89. The van der Waals surface area contributed by atoms with Gasteiger partial charge in [-0.1, -0.05) is 42.5 Å². The van der Waals surface area contributed by atoms with Crippen LogP contribution in [0.3, 0.4) is 0 Å². The van der Waals surface area contributed by atoms with E-state index in [1.54, 1.807) is 0 Å². The molecule has 0 amide bonds. The SMILES string of the molecule is CNC1CNC(C=Cc2ccccc2)C1. The lowest BCUT2D eigenvalue weighted by atomic mass is 10.1. The molecule has 80 valence electrons. The molecular formula is C13H18N2. The third kappa shape index (κ3) is 2.91. The van der Waals surface area contributed by atoms with Crippen molar-refractivity contribution in [1.29, 1.82) is 0 Å². The van der Waals surface area contributed by atoms with Crippen molar-refractivity contribution < 1.29 is 0 Å². The van der Waals surface area contributed by atoms with Gasteiger partial charge in [0.15, 0.2) is 0 Å². The summed E-state index contributed by atoms with van der Waals surface area (Å²) < 4.78 is 0. The van der Waals surface area contributed by atoms with Gasteiger partial charge in [-0.25, -0.2) is 0 Å². The van der Waals surface area contributed by atoms with Crippen molar-refractivity contribution in [1.82, 2.24) is 10.6 Å². The van der Waals surface area contributed by atoms with Gasteiger partial charge >= 0.3 is 0 Å². The molecule has 0 aromatic heterocycles. The summed E-state index contributed by atoms with van der Waals surface area (Å²) in [6, 6.07) is 11.6. The van der Waals surface area contributed by atoms with E-state index in [1.807, 2.05) is 13.1 Å². The first kappa shape index (κ1) is 10.4. The number of rotatable bonds is 3. The molecule has 1 saturated heterocycles. The fraction of sp³-hybridized carbons (Fsp3) is 0.385. The van der Waals surface area contributed by atoms with Gasteiger partial charge in [0.2, 0.25) is 0 Å². The van der Waals surface area contributed by atoms with E-state index in [2.05, 4.69) is 47.1 Å². The first-order chi connectivity index (χ1) is 7.38. The highest BCUT2D eigenvalue weighted by molar-refractivity contribution is 5.49. The van der Waals surface area contributed by atoms with Crippen LogP contribution in [-0.4, -0.2) is 25.7 Å². The number of likely N-dealkylation sites (N-methyl/N-ethyl adjacent to an activating group) is 1. The predicted octanol–water partition coefficient (Wildman–Crippen LogP) is 1.65. The molecule has 1 aliphatic heterocycles. The topological polar surface area (TPSA) is 24.1 Å². The summed E-state index contributed by atoms with van der Waals surface area (Å²) in [7, 11) is 2.02. The molecule has 2 unspecified atom stereocenters. The second-order valence-corrected chi connectivity index (χ2v) is 4.01. The van der Waals surface area contributed by atoms with Gasteiger partial charge in [0.25, 0.3) is 0 Å². The normalized spacial score (nSPS) is 26.2. The zero-order valence-corrected chi connectivity index (χ0v) is 9.11. The van der Waals surface area contributed by atoms with Crippen molar-refractivity contribution in [3.8, 4) is 0 Å². The summed E-state index contributed by atoms with van der Waals surface area (Å²) in [5.74, 6) is 0. The van der Waals surface area contributed by atoms with E-state index >= 15 is 0 Å². The Bertz CT molecular complexity index is 319. The van der Waals surface area contributed by atoms with Gasteiger partial charge in [0.05, 0.1) is 0 Å². The van der Waals surface area contributed by atoms with Crippen LogP contribution in [0.15, 0.2) is 36.4 Å². The summed E-state index contributed by atoms with van der Waals surface area (Å²) in [5, 5.41) is 6.77. The van der Waals surface area contributed by atoms with Gasteiger partial charge in [-0.2, -0.15) is 0 Å². The Morgan fingerprint density at radius 1 is 1.33 bits per heavy atom. The minimum atomic E-state index is 0.516. The Morgan fingerprint density at radius 2 is 2.13 bits per heavy atom. The molecule has 1 fully saturated rings. The molecule has 2 rings (SSSR count). The average molecular weight is 202 g/mol. The van der Waals surface area contributed by atoms with Gasteiger partial charge < -0.3 is 10.6 Å².